The molecule has 4 heteroatoms. The summed E-state index contributed by atoms with van der Waals surface area (Å²) in [4.78, 5) is 8.57. The molecule has 1 fully saturated rings. The maximum atomic E-state index is 4.42. The number of hydrogen-bond acceptors (Lipinski definition) is 4. The van der Waals surface area contributed by atoms with Crippen molar-refractivity contribution in [1.82, 2.24) is 9.97 Å². The zero-order chi connectivity index (χ0) is 11.2. The van der Waals surface area contributed by atoms with Crippen LogP contribution in [0, 0.1) is 5.92 Å². The third-order valence-electron chi connectivity index (χ3n) is 3.08. The van der Waals surface area contributed by atoms with Crippen LogP contribution in [0.1, 0.15) is 32.6 Å². The summed E-state index contributed by atoms with van der Waals surface area (Å²) >= 11 is 0. The van der Waals surface area contributed by atoms with Gasteiger partial charge in [-0.05, 0) is 19.3 Å². The standard InChI is InChI=1S/C12H20N4/c1-2-14-11-8-13-9-12(16-11)15-7-6-10-4-3-5-10/h8-10H,2-7H2,1H3,(H2,14,15,16). The van der Waals surface area contributed by atoms with Crippen LogP contribution in [0.2, 0.25) is 0 Å². The summed E-state index contributed by atoms with van der Waals surface area (Å²) in [6.45, 7) is 3.94. The number of hydrogen-bond donors (Lipinski definition) is 2. The summed E-state index contributed by atoms with van der Waals surface area (Å²) in [5.41, 5.74) is 0. The Morgan fingerprint density at radius 3 is 2.62 bits per heavy atom. The third-order valence-corrected chi connectivity index (χ3v) is 3.08. The fraction of sp³-hybridized carbons (Fsp3) is 0.667. The lowest BCUT2D eigenvalue weighted by Crippen LogP contribution is -2.16. The second-order valence-corrected chi connectivity index (χ2v) is 4.33. The molecular weight excluding hydrogens is 200 g/mol. The highest BCUT2D eigenvalue weighted by atomic mass is 15.1. The maximum absolute atomic E-state index is 4.42. The predicted octanol–water partition coefficient (Wildman–Crippen LogP) is 2.51. The molecule has 0 bridgehead atoms. The Kier molecular flexibility index (Phi) is 3.97. The van der Waals surface area contributed by atoms with Crippen molar-refractivity contribution in [3.63, 3.8) is 0 Å². The van der Waals surface area contributed by atoms with E-state index in [1.54, 1.807) is 12.4 Å². The van der Waals surface area contributed by atoms with Crippen LogP contribution in [0.4, 0.5) is 11.6 Å². The molecule has 0 unspecified atom stereocenters. The van der Waals surface area contributed by atoms with E-state index in [0.29, 0.717) is 0 Å². The second-order valence-electron chi connectivity index (χ2n) is 4.33. The van der Waals surface area contributed by atoms with Crippen molar-refractivity contribution < 1.29 is 0 Å². The van der Waals surface area contributed by atoms with Crippen molar-refractivity contribution in [2.75, 3.05) is 23.7 Å². The summed E-state index contributed by atoms with van der Waals surface area (Å²) in [6, 6.07) is 0. The van der Waals surface area contributed by atoms with E-state index in [9.17, 15) is 0 Å². The Balaban J connectivity index is 1.76. The van der Waals surface area contributed by atoms with Gasteiger partial charge in [-0.25, -0.2) is 4.98 Å². The molecule has 0 aliphatic heterocycles. The van der Waals surface area contributed by atoms with Crippen LogP contribution in [0.5, 0.6) is 0 Å². The molecule has 16 heavy (non-hydrogen) atoms. The van der Waals surface area contributed by atoms with Gasteiger partial charge < -0.3 is 10.6 Å². The van der Waals surface area contributed by atoms with E-state index in [1.165, 1.54) is 25.7 Å². The normalized spacial score (nSPS) is 15.6. The minimum Gasteiger partial charge on any atom is -0.369 e. The molecule has 1 aromatic heterocycles. The van der Waals surface area contributed by atoms with Crippen LogP contribution in [0.25, 0.3) is 0 Å². The molecule has 1 heterocycles. The van der Waals surface area contributed by atoms with Crippen LogP contribution < -0.4 is 10.6 Å². The van der Waals surface area contributed by atoms with Crippen LogP contribution >= 0.6 is 0 Å². The van der Waals surface area contributed by atoms with Crippen LogP contribution in [-0.2, 0) is 0 Å². The Labute approximate surface area is 96.9 Å². The lowest BCUT2D eigenvalue weighted by molar-refractivity contribution is 0.303. The van der Waals surface area contributed by atoms with Gasteiger partial charge in [-0.3, -0.25) is 4.98 Å². The number of nitrogens with one attached hydrogen (secondary N) is 2. The SMILES string of the molecule is CCNc1cncc(NCCC2CCC2)n1. The van der Waals surface area contributed by atoms with Crippen molar-refractivity contribution in [2.45, 2.75) is 32.6 Å². The van der Waals surface area contributed by atoms with Gasteiger partial charge in [0.25, 0.3) is 0 Å². The van der Waals surface area contributed by atoms with Gasteiger partial charge >= 0.3 is 0 Å². The molecule has 2 N–H and O–H groups in total. The molecule has 0 radical (unpaired) electrons. The molecule has 1 aromatic rings. The highest BCUT2D eigenvalue weighted by Crippen LogP contribution is 2.29. The van der Waals surface area contributed by atoms with E-state index in [4.69, 9.17) is 0 Å². The molecular formula is C12H20N4. The van der Waals surface area contributed by atoms with Gasteiger partial charge in [0.2, 0.25) is 0 Å². The molecule has 2 rings (SSSR count). The van der Waals surface area contributed by atoms with E-state index in [-0.39, 0.29) is 0 Å². The summed E-state index contributed by atoms with van der Waals surface area (Å²) < 4.78 is 0. The van der Waals surface area contributed by atoms with Gasteiger partial charge in [0.15, 0.2) is 0 Å². The zero-order valence-electron chi connectivity index (χ0n) is 9.87. The molecule has 0 aromatic carbocycles. The minimum atomic E-state index is 0.844. The van der Waals surface area contributed by atoms with Gasteiger partial charge in [0.05, 0.1) is 12.4 Å². The first-order valence-electron chi connectivity index (χ1n) is 6.18. The molecule has 88 valence electrons. The quantitative estimate of drug-likeness (QED) is 0.773. The molecule has 4 nitrogen and oxygen atoms in total. The first-order chi connectivity index (χ1) is 7.88. The van der Waals surface area contributed by atoms with Crippen LogP contribution in [-0.4, -0.2) is 23.1 Å². The molecule has 0 saturated heterocycles. The average molecular weight is 220 g/mol. The minimum absolute atomic E-state index is 0.844. The highest BCUT2D eigenvalue weighted by molar-refractivity contribution is 5.41. The topological polar surface area (TPSA) is 49.8 Å². The molecule has 1 aliphatic rings. The zero-order valence-corrected chi connectivity index (χ0v) is 9.87. The molecule has 0 spiro atoms. The lowest BCUT2D eigenvalue weighted by Gasteiger charge is -2.25. The molecule has 0 amide bonds. The van der Waals surface area contributed by atoms with E-state index < -0.39 is 0 Å². The van der Waals surface area contributed by atoms with E-state index in [2.05, 4.69) is 27.5 Å². The van der Waals surface area contributed by atoms with Crippen LogP contribution in [0.15, 0.2) is 12.4 Å². The summed E-state index contributed by atoms with van der Waals surface area (Å²) in [6.07, 6.45) is 9.02. The van der Waals surface area contributed by atoms with Gasteiger partial charge in [0.1, 0.15) is 11.6 Å². The largest absolute Gasteiger partial charge is 0.369 e. The van der Waals surface area contributed by atoms with Gasteiger partial charge in [0, 0.05) is 13.1 Å². The van der Waals surface area contributed by atoms with Gasteiger partial charge in [-0.1, -0.05) is 19.3 Å². The highest BCUT2D eigenvalue weighted by Gasteiger charge is 2.16. The van der Waals surface area contributed by atoms with Crippen molar-refractivity contribution in [3.8, 4) is 0 Å². The number of anilines is 2. The summed E-state index contributed by atoms with van der Waals surface area (Å²) in [5, 5.41) is 6.48. The number of nitrogens with zero attached hydrogens (tertiary/aromatic N) is 2. The Hall–Kier alpha value is -1.32. The van der Waals surface area contributed by atoms with Gasteiger partial charge in [-0.2, -0.15) is 0 Å². The lowest BCUT2D eigenvalue weighted by atomic mass is 9.83. The molecule has 1 saturated carbocycles. The predicted molar refractivity (Wildman–Crippen MR) is 66.6 cm³/mol. The summed E-state index contributed by atoms with van der Waals surface area (Å²) in [7, 11) is 0. The smallest absolute Gasteiger partial charge is 0.146 e. The average Bonchev–Trinajstić information content (AvgIpc) is 2.23. The monoisotopic (exact) mass is 220 g/mol. The fourth-order valence-corrected chi connectivity index (χ4v) is 1.90. The van der Waals surface area contributed by atoms with Crippen molar-refractivity contribution >= 4 is 11.6 Å². The first kappa shape index (κ1) is 11.2. The number of rotatable bonds is 6. The first-order valence-corrected chi connectivity index (χ1v) is 6.18. The summed E-state index contributed by atoms with van der Waals surface area (Å²) in [5.74, 6) is 2.66. The van der Waals surface area contributed by atoms with Gasteiger partial charge in [-0.15, -0.1) is 0 Å². The third kappa shape index (κ3) is 3.08. The fourth-order valence-electron chi connectivity index (χ4n) is 1.90. The molecule has 1 aliphatic carbocycles. The maximum Gasteiger partial charge on any atom is 0.146 e. The van der Waals surface area contributed by atoms with Crippen molar-refractivity contribution in [1.29, 1.82) is 0 Å². The van der Waals surface area contributed by atoms with E-state index in [0.717, 1.165) is 30.6 Å². The number of aromatic nitrogens is 2. The molecule has 0 atom stereocenters. The van der Waals surface area contributed by atoms with E-state index in [1.807, 2.05) is 0 Å². The van der Waals surface area contributed by atoms with Crippen molar-refractivity contribution in [2.24, 2.45) is 5.92 Å². The Morgan fingerprint density at radius 2 is 2.00 bits per heavy atom. The Bertz CT molecular complexity index is 323. The Morgan fingerprint density at radius 1 is 1.25 bits per heavy atom. The second kappa shape index (κ2) is 5.68. The van der Waals surface area contributed by atoms with Crippen LogP contribution in [0.3, 0.4) is 0 Å². The van der Waals surface area contributed by atoms with Crippen molar-refractivity contribution in [3.05, 3.63) is 12.4 Å². The van der Waals surface area contributed by atoms with E-state index >= 15 is 0 Å².